The van der Waals surface area contributed by atoms with Gasteiger partial charge in [-0.3, -0.25) is 4.57 Å². The summed E-state index contributed by atoms with van der Waals surface area (Å²) in [5, 5.41) is 3.30. The molecular weight excluding hydrogens is 266 g/mol. The highest BCUT2D eigenvalue weighted by molar-refractivity contribution is 5.48. The van der Waals surface area contributed by atoms with Crippen molar-refractivity contribution < 1.29 is 4.42 Å². The van der Waals surface area contributed by atoms with E-state index < -0.39 is 0 Å². The zero-order valence-electron chi connectivity index (χ0n) is 11.8. The molecule has 0 saturated heterocycles. The van der Waals surface area contributed by atoms with Gasteiger partial charge < -0.3 is 14.7 Å². The van der Waals surface area contributed by atoms with Crippen LogP contribution in [-0.2, 0) is 13.0 Å². The van der Waals surface area contributed by atoms with Gasteiger partial charge in [0.25, 0.3) is 0 Å². The average Bonchev–Trinajstić information content (AvgIpc) is 3.14. The molecular formula is C16H17N3O2. The molecule has 0 unspecified atom stereocenters. The average molecular weight is 283 g/mol. The van der Waals surface area contributed by atoms with E-state index in [1.807, 2.05) is 36.4 Å². The molecule has 0 bridgehead atoms. The van der Waals surface area contributed by atoms with Crippen molar-refractivity contribution in [2.45, 2.75) is 19.9 Å². The van der Waals surface area contributed by atoms with Gasteiger partial charge in [-0.15, -0.1) is 0 Å². The highest BCUT2D eigenvalue weighted by atomic mass is 16.3. The summed E-state index contributed by atoms with van der Waals surface area (Å²) in [6.07, 6.45) is 4.23. The second kappa shape index (κ2) is 5.75. The number of H-pyrrole nitrogens is 1. The van der Waals surface area contributed by atoms with E-state index in [0.29, 0.717) is 6.54 Å². The molecule has 0 amide bonds. The Morgan fingerprint density at radius 1 is 1.14 bits per heavy atom. The van der Waals surface area contributed by atoms with Gasteiger partial charge in [-0.25, -0.2) is 4.79 Å². The first-order valence-electron chi connectivity index (χ1n) is 6.94. The predicted octanol–water partition coefficient (Wildman–Crippen LogP) is 2.93. The molecule has 5 heteroatoms. The van der Waals surface area contributed by atoms with Gasteiger partial charge in [-0.1, -0.05) is 6.92 Å². The van der Waals surface area contributed by atoms with Crippen molar-refractivity contribution in [2.24, 2.45) is 0 Å². The van der Waals surface area contributed by atoms with Gasteiger partial charge in [-0.2, -0.15) is 0 Å². The molecule has 3 aromatic rings. The van der Waals surface area contributed by atoms with Crippen molar-refractivity contribution in [3.8, 4) is 5.69 Å². The molecule has 0 aliphatic rings. The summed E-state index contributed by atoms with van der Waals surface area (Å²) < 4.78 is 7.20. The molecule has 108 valence electrons. The summed E-state index contributed by atoms with van der Waals surface area (Å²) in [7, 11) is 0. The molecule has 3 rings (SSSR count). The first kappa shape index (κ1) is 13.3. The number of hydrogen-bond donors (Lipinski definition) is 2. The Hall–Kier alpha value is -2.69. The van der Waals surface area contributed by atoms with Crippen LogP contribution in [0, 0.1) is 0 Å². The number of nitrogens with zero attached hydrogens (tertiary/aromatic N) is 1. The second-order valence-corrected chi connectivity index (χ2v) is 4.76. The lowest BCUT2D eigenvalue weighted by Crippen LogP contribution is -2.13. The molecule has 0 aliphatic carbocycles. The fraction of sp³-hybridized carbons (Fsp3) is 0.188. The molecule has 2 N–H and O–H groups in total. The van der Waals surface area contributed by atoms with Crippen LogP contribution in [0.3, 0.4) is 0 Å². The third-order valence-electron chi connectivity index (χ3n) is 3.33. The number of hydrogen-bond acceptors (Lipinski definition) is 3. The predicted molar refractivity (Wildman–Crippen MR) is 81.8 cm³/mol. The quantitative estimate of drug-likeness (QED) is 0.756. The van der Waals surface area contributed by atoms with Crippen molar-refractivity contribution in [2.75, 3.05) is 5.32 Å². The van der Waals surface area contributed by atoms with Crippen LogP contribution < -0.4 is 11.0 Å². The Balaban J connectivity index is 1.67. The number of aromatic amines is 1. The van der Waals surface area contributed by atoms with E-state index in [4.69, 9.17) is 4.42 Å². The molecule has 2 aromatic heterocycles. The standard InChI is InChI=1S/C16H17N3O2/c1-2-14-7-8-15(21-14)11-18-12-3-5-13(6-4-12)19-10-9-17-16(19)20/h3-10,18H,2,11H2,1H3,(H,17,20). The first-order chi connectivity index (χ1) is 10.3. The fourth-order valence-electron chi connectivity index (χ4n) is 2.16. The fourth-order valence-corrected chi connectivity index (χ4v) is 2.16. The Morgan fingerprint density at radius 3 is 2.52 bits per heavy atom. The lowest BCUT2D eigenvalue weighted by atomic mass is 10.2. The minimum Gasteiger partial charge on any atom is -0.464 e. The number of furan rings is 1. The van der Waals surface area contributed by atoms with E-state index in [1.54, 1.807) is 17.0 Å². The molecule has 0 saturated carbocycles. The molecule has 0 aliphatic heterocycles. The van der Waals surface area contributed by atoms with E-state index in [1.165, 1.54) is 0 Å². The van der Waals surface area contributed by atoms with E-state index in [9.17, 15) is 4.79 Å². The molecule has 21 heavy (non-hydrogen) atoms. The topological polar surface area (TPSA) is 63.0 Å². The molecule has 0 atom stereocenters. The van der Waals surface area contributed by atoms with E-state index in [0.717, 1.165) is 29.3 Å². The lowest BCUT2D eigenvalue weighted by molar-refractivity contribution is 0.476. The van der Waals surface area contributed by atoms with Crippen molar-refractivity contribution >= 4 is 5.69 Å². The van der Waals surface area contributed by atoms with Crippen LogP contribution in [0.25, 0.3) is 5.69 Å². The molecule has 2 heterocycles. The molecule has 5 nitrogen and oxygen atoms in total. The highest BCUT2D eigenvalue weighted by Crippen LogP contribution is 2.14. The molecule has 0 radical (unpaired) electrons. The summed E-state index contributed by atoms with van der Waals surface area (Å²) in [5.74, 6) is 1.91. The lowest BCUT2D eigenvalue weighted by Gasteiger charge is -2.06. The Labute approximate surface area is 122 Å². The van der Waals surface area contributed by atoms with Crippen LogP contribution in [0.1, 0.15) is 18.4 Å². The van der Waals surface area contributed by atoms with Gasteiger partial charge in [0, 0.05) is 24.5 Å². The van der Waals surface area contributed by atoms with E-state index in [-0.39, 0.29) is 5.69 Å². The molecule has 0 spiro atoms. The summed E-state index contributed by atoms with van der Waals surface area (Å²) in [6.45, 7) is 2.71. The second-order valence-electron chi connectivity index (χ2n) is 4.76. The number of anilines is 1. The maximum absolute atomic E-state index is 11.5. The number of nitrogens with one attached hydrogen (secondary N) is 2. The Morgan fingerprint density at radius 2 is 1.90 bits per heavy atom. The van der Waals surface area contributed by atoms with Crippen molar-refractivity contribution in [3.05, 3.63) is 70.8 Å². The maximum atomic E-state index is 11.5. The van der Waals surface area contributed by atoms with Gasteiger partial charge in [0.2, 0.25) is 0 Å². The van der Waals surface area contributed by atoms with Crippen molar-refractivity contribution in [3.63, 3.8) is 0 Å². The SMILES string of the molecule is CCc1ccc(CNc2ccc(-n3cc[nH]c3=O)cc2)o1. The number of aryl methyl sites for hydroxylation is 1. The normalized spacial score (nSPS) is 10.7. The number of benzene rings is 1. The third-order valence-corrected chi connectivity index (χ3v) is 3.33. The number of aromatic nitrogens is 2. The summed E-state index contributed by atoms with van der Waals surface area (Å²) in [4.78, 5) is 14.1. The van der Waals surface area contributed by atoms with Crippen molar-refractivity contribution in [1.82, 2.24) is 9.55 Å². The first-order valence-corrected chi connectivity index (χ1v) is 6.94. The number of rotatable bonds is 5. The monoisotopic (exact) mass is 283 g/mol. The summed E-state index contributed by atoms with van der Waals surface area (Å²) in [6, 6.07) is 11.7. The molecule has 1 aromatic carbocycles. The Kier molecular flexibility index (Phi) is 3.64. The van der Waals surface area contributed by atoms with E-state index in [2.05, 4.69) is 17.2 Å². The molecule has 0 fully saturated rings. The van der Waals surface area contributed by atoms with Gasteiger partial charge in [0.1, 0.15) is 11.5 Å². The number of imidazole rings is 1. The van der Waals surface area contributed by atoms with Crippen LogP contribution in [0.5, 0.6) is 0 Å². The van der Waals surface area contributed by atoms with Crippen LogP contribution in [0.15, 0.2) is 58.0 Å². The van der Waals surface area contributed by atoms with Gasteiger partial charge >= 0.3 is 5.69 Å². The Bertz CT molecular complexity index is 765. The van der Waals surface area contributed by atoms with Gasteiger partial charge in [0.05, 0.1) is 12.2 Å². The summed E-state index contributed by atoms with van der Waals surface area (Å²) >= 11 is 0. The van der Waals surface area contributed by atoms with Crippen molar-refractivity contribution in [1.29, 1.82) is 0 Å². The minimum atomic E-state index is -0.140. The van der Waals surface area contributed by atoms with Gasteiger partial charge in [0.15, 0.2) is 0 Å². The maximum Gasteiger partial charge on any atom is 0.330 e. The smallest absolute Gasteiger partial charge is 0.330 e. The zero-order valence-corrected chi connectivity index (χ0v) is 11.8. The van der Waals surface area contributed by atoms with Crippen LogP contribution in [0.4, 0.5) is 5.69 Å². The zero-order chi connectivity index (χ0) is 14.7. The minimum absolute atomic E-state index is 0.140. The third kappa shape index (κ3) is 2.91. The van der Waals surface area contributed by atoms with Crippen LogP contribution in [0.2, 0.25) is 0 Å². The van der Waals surface area contributed by atoms with E-state index >= 15 is 0 Å². The largest absolute Gasteiger partial charge is 0.464 e. The summed E-state index contributed by atoms with van der Waals surface area (Å²) in [5.41, 5.74) is 1.67. The highest BCUT2D eigenvalue weighted by Gasteiger charge is 2.02. The van der Waals surface area contributed by atoms with Crippen LogP contribution in [-0.4, -0.2) is 9.55 Å². The van der Waals surface area contributed by atoms with Crippen LogP contribution >= 0.6 is 0 Å². The van der Waals surface area contributed by atoms with Gasteiger partial charge in [-0.05, 0) is 36.4 Å².